The Balaban J connectivity index is 1.81. The number of aromatic hydroxyl groups is 1. The number of nitrogens with one attached hydrogen (secondary N) is 2. The van der Waals surface area contributed by atoms with Crippen LogP contribution >= 0.6 is 0 Å². The van der Waals surface area contributed by atoms with Gasteiger partial charge in [0, 0.05) is 29.2 Å². The van der Waals surface area contributed by atoms with Crippen LogP contribution in [0, 0.1) is 0 Å². The molecule has 4 N–H and O–H groups in total. The van der Waals surface area contributed by atoms with Gasteiger partial charge in [-0.3, -0.25) is 4.79 Å². The minimum atomic E-state index is -1.19. The summed E-state index contributed by atoms with van der Waals surface area (Å²) in [7, 11) is 0. The van der Waals surface area contributed by atoms with Gasteiger partial charge in [-0.15, -0.1) is 0 Å². The first-order chi connectivity index (χ1) is 11.5. The summed E-state index contributed by atoms with van der Waals surface area (Å²) in [6, 6.07) is 11.4. The maximum atomic E-state index is 12.0. The topological polar surface area (TPSA) is 102 Å². The molecule has 0 bridgehead atoms. The highest BCUT2D eigenvalue weighted by atomic mass is 16.4. The SMILES string of the molecule is O=C(C=Cc1c[nH]c2ccccc12)Nc1cc(O)ccc1C(=O)O. The first-order valence-corrected chi connectivity index (χ1v) is 7.16. The van der Waals surface area contributed by atoms with E-state index in [-0.39, 0.29) is 17.0 Å². The van der Waals surface area contributed by atoms with Crippen LogP contribution in [-0.4, -0.2) is 27.1 Å². The van der Waals surface area contributed by atoms with Gasteiger partial charge in [-0.05, 0) is 29.8 Å². The predicted octanol–water partition coefficient (Wildman–Crippen LogP) is 3.22. The molecule has 0 fully saturated rings. The molecule has 0 unspecified atom stereocenters. The lowest BCUT2D eigenvalue weighted by Gasteiger charge is -2.07. The van der Waals surface area contributed by atoms with Gasteiger partial charge in [-0.1, -0.05) is 18.2 Å². The Labute approximate surface area is 137 Å². The molecule has 0 aliphatic rings. The first-order valence-electron chi connectivity index (χ1n) is 7.16. The number of phenols is 1. The zero-order valence-electron chi connectivity index (χ0n) is 12.5. The summed E-state index contributed by atoms with van der Waals surface area (Å²) in [5.41, 5.74) is 1.74. The molecule has 2 aromatic carbocycles. The van der Waals surface area contributed by atoms with E-state index in [1.54, 1.807) is 12.3 Å². The summed E-state index contributed by atoms with van der Waals surface area (Å²) in [5, 5.41) is 22.0. The summed E-state index contributed by atoms with van der Waals surface area (Å²) in [6.45, 7) is 0. The van der Waals surface area contributed by atoms with Crippen molar-refractivity contribution in [3.8, 4) is 5.75 Å². The molecule has 6 nitrogen and oxygen atoms in total. The fourth-order valence-electron chi connectivity index (χ4n) is 2.39. The monoisotopic (exact) mass is 322 g/mol. The summed E-state index contributed by atoms with van der Waals surface area (Å²) in [5.74, 6) is -1.81. The van der Waals surface area contributed by atoms with Crippen molar-refractivity contribution in [1.82, 2.24) is 4.98 Å². The van der Waals surface area contributed by atoms with E-state index in [2.05, 4.69) is 10.3 Å². The van der Waals surface area contributed by atoms with Crippen LogP contribution in [0.1, 0.15) is 15.9 Å². The third-order valence-corrected chi connectivity index (χ3v) is 3.53. The number of carbonyl (C=O) groups is 2. The van der Waals surface area contributed by atoms with E-state index < -0.39 is 11.9 Å². The number of rotatable bonds is 4. The molecule has 1 aromatic heterocycles. The van der Waals surface area contributed by atoms with Crippen LogP contribution in [0.4, 0.5) is 5.69 Å². The summed E-state index contributed by atoms with van der Waals surface area (Å²) >= 11 is 0. The second-order valence-corrected chi connectivity index (χ2v) is 5.15. The largest absolute Gasteiger partial charge is 0.508 e. The number of phenolic OH excluding ortho intramolecular Hbond substituents is 1. The molecule has 0 radical (unpaired) electrons. The Hall–Kier alpha value is -3.54. The number of carboxylic acids is 1. The Kier molecular flexibility index (Phi) is 4.03. The number of anilines is 1. The Morgan fingerprint density at radius 1 is 1.12 bits per heavy atom. The van der Waals surface area contributed by atoms with Crippen molar-refractivity contribution in [2.45, 2.75) is 0 Å². The van der Waals surface area contributed by atoms with Gasteiger partial charge >= 0.3 is 5.97 Å². The molecular formula is C18H14N2O4. The molecule has 0 atom stereocenters. The number of para-hydroxylation sites is 1. The van der Waals surface area contributed by atoms with E-state index in [0.717, 1.165) is 16.5 Å². The average molecular weight is 322 g/mol. The highest BCUT2D eigenvalue weighted by Crippen LogP contribution is 2.22. The van der Waals surface area contributed by atoms with Gasteiger partial charge in [0.2, 0.25) is 5.91 Å². The number of fused-ring (bicyclic) bond motifs is 1. The molecule has 3 aromatic rings. The zero-order chi connectivity index (χ0) is 17.1. The summed E-state index contributed by atoms with van der Waals surface area (Å²) < 4.78 is 0. The van der Waals surface area contributed by atoms with Crippen LogP contribution in [-0.2, 0) is 4.79 Å². The van der Waals surface area contributed by atoms with E-state index in [0.29, 0.717) is 0 Å². The molecule has 0 aliphatic heterocycles. The number of hydrogen-bond donors (Lipinski definition) is 4. The highest BCUT2D eigenvalue weighted by Gasteiger charge is 2.12. The quantitative estimate of drug-likeness (QED) is 0.554. The first kappa shape index (κ1) is 15.4. The molecule has 1 heterocycles. The van der Waals surface area contributed by atoms with Gasteiger partial charge < -0.3 is 20.5 Å². The van der Waals surface area contributed by atoms with Gasteiger partial charge in [0.25, 0.3) is 0 Å². The van der Waals surface area contributed by atoms with Crippen molar-refractivity contribution in [2.24, 2.45) is 0 Å². The van der Waals surface area contributed by atoms with Crippen LogP contribution in [0.2, 0.25) is 0 Å². The fraction of sp³-hybridized carbons (Fsp3) is 0. The Morgan fingerprint density at radius 3 is 2.71 bits per heavy atom. The Morgan fingerprint density at radius 2 is 1.92 bits per heavy atom. The van der Waals surface area contributed by atoms with Crippen LogP contribution in [0.15, 0.2) is 54.7 Å². The number of amides is 1. The van der Waals surface area contributed by atoms with Crippen molar-refractivity contribution in [1.29, 1.82) is 0 Å². The fourth-order valence-corrected chi connectivity index (χ4v) is 2.39. The van der Waals surface area contributed by atoms with E-state index in [4.69, 9.17) is 5.11 Å². The Bertz CT molecular complexity index is 957. The van der Waals surface area contributed by atoms with Crippen LogP contribution in [0.5, 0.6) is 5.75 Å². The van der Waals surface area contributed by atoms with E-state index in [9.17, 15) is 14.7 Å². The lowest BCUT2D eigenvalue weighted by Crippen LogP contribution is -2.11. The van der Waals surface area contributed by atoms with Crippen molar-refractivity contribution < 1.29 is 19.8 Å². The minimum absolute atomic E-state index is 0.0380. The van der Waals surface area contributed by atoms with Crippen molar-refractivity contribution >= 4 is 34.5 Å². The molecule has 0 spiro atoms. The standard InChI is InChI=1S/C18H14N2O4/c21-12-6-7-14(18(23)24)16(9-12)20-17(22)8-5-11-10-19-15-4-2-1-3-13(11)15/h1-10,19,21H,(H,20,22)(H,23,24). The van der Waals surface area contributed by atoms with E-state index in [1.807, 2.05) is 24.3 Å². The normalized spacial score (nSPS) is 11.0. The lowest BCUT2D eigenvalue weighted by atomic mass is 10.1. The second-order valence-electron chi connectivity index (χ2n) is 5.15. The molecule has 120 valence electrons. The number of hydrogen-bond acceptors (Lipinski definition) is 3. The average Bonchev–Trinajstić information content (AvgIpc) is 2.96. The number of aromatic carboxylic acids is 1. The maximum Gasteiger partial charge on any atom is 0.337 e. The molecule has 0 saturated heterocycles. The molecule has 1 amide bonds. The van der Waals surface area contributed by atoms with Crippen LogP contribution in [0.25, 0.3) is 17.0 Å². The minimum Gasteiger partial charge on any atom is -0.508 e. The number of carboxylic acid groups (broad SMARTS) is 1. The predicted molar refractivity (Wildman–Crippen MR) is 91.0 cm³/mol. The molecule has 0 saturated carbocycles. The molecular weight excluding hydrogens is 308 g/mol. The number of H-pyrrole nitrogens is 1. The summed E-state index contributed by atoms with van der Waals surface area (Å²) in [6.07, 6.45) is 4.73. The third kappa shape index (κ3) is 3.12. The smallest absolute Gasteiger partial charge is 0.337 e. The van der Waals surface area contributed by atoms with Crippen molar-refractivity contribution in [3.05, 3.63) is 65.9 Å². The second kappa shape index (κ2) is 6.29. The van der Waals surface area contributed by atoms with Crippen LogP contribution < -0.4 is 5.32 Å². The van der Waals surface area contributed by atoms with Gasteiger partial charge in [0.05, 0.1) is 11.3 Å². The molecule has 3 rings (SSSR count). The molecule has 6 heteroatoms. The molecule has 0 aliphatic carbocycles. The summed E-state index contributed by atoms with van der Waals surface area (Å²) in [4.78, 5) is 26.3. The van der Waals surface area contributed by atoms with Gasteiger partial charge in [-0.2, -0.15) is 0 Å². The van der Waals surface area contributed by atoms with Gasteiger partial charge in [0.1, 0.15) is 5.75 Å². The maximum absolute atomic E-state index is 12.0. The number of aromatic nitrogens is 1. The highest BCUT2D eigenvalue weighted by molar-refractivity contribution is 6.07. The lowest BCUT2D eigenvalue weighted by molar-refractivity contribution is -0.111. The third-order valence-electron chi connectivity index (χ3n) is 3.53. The number of aromatic amines is 1. The van der Waals surface area contributed by atoms with Crippen LogP contribution in [0.3, 0.4) is 0 Å². The molecule has 24 heavy (non-hydrogen) atoms. The number of benzene rings is 2. The van der Waals surface area contributed by atoms with E-state index >= 15 is 0 Å². The van der Waals surface area contributed by atoms with Crippen molar-refractivity contribution in [2.75, 3.05) is 5.32 Å². The van der Waals surface area contributed by atoms with Gasteiger partial charge in [-0.25, -0.2) is 4.79 Å². The van der Waals surface area contributed by atoms with E-state index in [1.165, 1.54) is 24.3 Å². The zero-order valence-corrected chi connectivity index (χ0v) is 12.5. The van der Waals surface area contributed by atoms with Gasteiger partial charge in [0.15, 0.2) is 0 Å². The van der Waals surface area contributed by atoms with Crippen molar-refractivity contribution in [3.63, 3.8) is 0 Å². The number of carbonyl (C=O) groups excluding carboxylic acids is 1.